The van der Waals surface area contributed by atoms with Gasteiger partial charge >= 0.3 is 0 Å². The number of hydrogen-bond donors (Lipinski definition) is 3. The first-order valence-electron chi connectivity index (χ1n) is 8.61. The van der Waals surface area contributed by atoms with E-state index in [-0.39, 0.29) is 0 Å². The van der Waals surface area contributed by atoms with Gasteiger partial charge in [0.05, 0.1) is 29.0 Å². The SMILES string of the molecule is CC.N#Cc1ccc(Nc2nccc(Nc3cccc4[nH]ncc34)n2)cc1. The smallest absolute Gasteiger partial charge is 0.229 e. The molecule has 0 spiro atoms. The third-order valence-corrected chi connectivity index (χ3v) is 3.67. The molecule has 2 heterocycles. The monoisotopic (exact) mass is 357 g/mol. The molecule has 2 aromatic carbocycles. The van der Waals surface area contributed by atoms with Gasteiger partial charge in [-0.2, -0.15) is 15.3 Å². The van der Waals surface area contributed by atoms with Crippen molar-refractivity contribution in [1.29, 1.82) is 5.26 Å². The summed E-state index contributed by atoms with van der Waals surface area (Å²) in [5, 5.41) is 23.2. The zero-order chi connectivity index (χ0) is 19.1. The lowest BCUT2D eigenvalue weighted by atomic mass is 10.2. The molecule has 4 rings (SSSR count). The second-order valence-corrected chi connectivity index (χ2v) is 5.34. The highest BCUT2D eigenvalue weighted by Gasteiger charge is 2.05. The minimum Gasteiger partial charge on any atom is -0.339 e. The number of aromatic nitrogens is 4. The van der Waals surface area contributed by atoms with Gasteiger partial charge in [0.2, 0.25) is 5.95 Å². The van der Waals surface area contributed by atoms with Crippen LogP contribution in [0.4, 0.5) is 23.1 Å². The summed E-state index contributed by atoms with van der Waals surface area (Å²) in [7, 11) is 0. The molecule has 0 radical (unpaired) electrons. The van der Waals surface area contributed by atoms with Gasteiger partial charge in [0.15, 0.2) is 0 Å². The van der Waals surface area contributed by atoms with Crippen LogP contribution in [0.3, 0.4) is 0 Å². The topological polar surface area (TPSA) is 102 Å². The van der Waals surface area contributed by atoms with Crippen molar-refractivity contribution in [3.63, 3.8) is 0 Å². The Morgan fingerprint density at radius 1 is 1.00 bits per heavy atom. The summed E-state index contributed by atoms with van der Waals surface area (Å²) in [4.78, 5) is 8.69. The molecule has 0 amide bonds. The van der Waals surface area contributed by atoms with E-state index in [9.17, 15) is 0 Å². The normalized spacial score (nSPS) is 9.81. The number of H-pyrrole nitrogens is 1. The summed E-state index contributed by atoms with van der Waals surface area (Å²) in [5.74, 6) is 1.13. The Morgan fingerprint density at radius 2 is 1.81 bits per heavy atom. The van der Waals surface area contributed by atoms with E-state index in [2.05, 4.69) is 36.9 Å². The number of nitriles is 1. The zero-order valence-corrected chi connectivity index (χ0v) is 15.1. The van der Waals surface area contributed by atoms with Crippen molar-refractivity contribution in [3.05, 3.63) is 66.5 Å². The molecule has 0 unspecified atom stereocenters. The number of nitrogens with one attached hydrogen (secondary N) is 3. The second kappa shape index (κ2) is 8.45. The van der Waals surface area contributed by atoms with E-state index >= 15 is 0 Å². The molecule has 4 aromatic rings. The van der Waals surface area contributed by atoms with Gasteiger partial charge < -0.3 is 10.6 Å². The van der Waals surface area contributed by atoms with Gasteiger partial charge in [-0.25, -0.2) is 4.98 Å². The Balaban J connectivity index is 0.00000102. The minimum atomic E-state index is 0.467. The lowest BCUT2D eigenvalue weighted by Gasteiger charge is -2.09. The van der Waals surface area contributed by atoms with Crippen LogP contribution >= 0.6 is 0 Å². The summed E-state index contributed by atoms with van der Waals surface area (Å²) in [6.45, 7) is 4.00. The average Bonchev–Trinajstić information content (AvgIpc) is 3.20. The number of nitrogens with zero attached hydrogens (tertiary/aromatic N) is 4. The van der Waals surface area contributed by atoms with Crippen molar-refractivity contribution in [2.24, 2.45) is 0 Å². The Kier molecular flexibility index (Phi) is 5.60. The molecular formula is C20H19N7. The molecule has 2 aromatic heterocycles. The number of fused-ring (bicyclic) bond motifs is 1. The fraction of sp³-hybridized carbons (Fsp3) is 0.100. The number of aromatic amines is 1. The molecule has 0 saturated carbocycles. The van der Waals surface area contributed by atoms with E-state index in [1.807, 2.05) is 44.2 Å². The predicted molar refractivity (Wildman–Crippen MR) is 107 cm³/mol. The first-order valence-corrected chi connectivity index (χ1v) is 8.61. The molecule has 27 heavy (non-hydrogen) atoms. The molecule has 0 fully saturated rings. The summed E-state index contributed by atoms with van der Waals surface area (Å²) in [5.41, 5.74) is 3.28. The maximum Gasteiger partial charge on any atom is 0.229 e. The van der Waals surface area contributed by atoms with Gasteiger partial charge in [-0.3, -0.25) is 5.10 Å². The third kappa shape index (κ3) is 4.19. The highest BCUT2D eigenvalue weighted by Crippen LogP contribution is 2.24. The highest BCUT2D eigenvalue weighted by molar-refractivity contribution is 5.92. The van der Waals surface area contributed by atoms with Crippen LogP contribution in [0.5, 0.6) is 0 Å². The van der Waals surface area contributed by atoms with Gasteiger partial charge in [0.1, 0.15) is 5.82 Å². The molecule has 0 saturated heterocycles. The molecule has 0 aliphatic heterocycles. The first kappa shape index (κ1) is 17.9. The fourth-order valence-electron chi connectivity index (χ4n) is 2.46. The van der Waals surface area contributed by atoms with Crippen LogP contribution in [0.15, 0.2) is 60.9 Å². The predicted octanol–water partition coefficient (Wildman–Crippen LogP) is 4.74. The fourth-order valence-corrected chi connectivity index (χ4v) is 2.46. The standard InChI is InChI=1S/C18H13N7.C2H6/c19-10-12-4-6-13(7-5-12)22-18-20-9-8-17(24-18)23-15-2-1-3-16-14(15)11-21-25-16;1-2/h1-9,11H,(H,21,25)(H2,20,22,23,24);1-2H3. The van der Waals surface area contributed by atoms with E-state index < -0.39 is 0 Å². The summed E-state index contributed by atoms with van der Waals surface area (Å²) < 4.78 is 0. The van der Waals surface area contributed by atoms with Crippen molar-refractivity contribution in [2.45, 2.75) is 13.8 Å². The van der Waals surface area contributed by atoms with Gasteiger partial charge in [-0.15, -0.1) is 0 Å². The van der Waals surface area contributed by atoms with Crippen LogP contribution < -0.4 is 10.6 Å². The lowest BCUT2D eigenvalue weighted by Crippen LogP contribution is -2.00. The lowest BCUT2D eigenvalue weighted by molar-refractivity contribution is 1.12. The molecule has 7 heteroatoms. The Morgan fingerprint density at radius 3 is 2.59 bits per heavy atom. The molecule has 0 atom stereocenters. The molecule has 0 aliphatic carbocycles. The van der Waals surface area contributed by atoms with E-state index in [1.54, 1.807) is 30.6 Å². The number of anilines is 4. The average molecular weight is 357 g/mol. The van der Waals surface area contributed by atoms with E-state index in [0.717, 1.165) is 22.3 Å². The number of rotatable bonds is 4. The third-order valence-electron chi connectivity index (χ3n) is 3.67. The first-order chi connectivity index (χ1) is 13.3. The van der Waals surface area contributed by atoms with Crippen molar-refractivity contribution in [2.75, 3.05) is 10.6 Å². The van der Waals surface area contributed by atoms with E-state index in [4.69, 9.17) is 5.26 Å². The van der Waals surface area contributed by atoms with Crippen molar-refractivity contribution in [3.8, 4) is 6.07 Å². The zero-order valence-electron chi connectivity index (χ0n) is 15.1. The van der Waals surface area contributed by atoms with Crippen molar-refractivity contribution < 1.29 is 0 Å². The maximum atomic E-state index is 8.84. The molecule has 0 aliphatic rings. The molecular weight excluding hydrogens is 338 g/mol. The van der Waals surface area contributed by atoms with Gasteiger partial charge in [0.25, 0.3) is 0 Å². The Bertz CT molecular complexity index is 1060. The summed E-state index contributed by atoms with van der Waals surface area (Å²) in [6, 6.07) is 16.9. The van der Waals surface area contributed by atoms with Gasteiger partial charge in [-0.05, 0) is 42.5 Å². The van der Waals surface area contributed by atoms with Crippen LogP contribution in [-0.2, 0) is 0 Å². The van der Waals surface area contributed by atoms with E-state index in [1.165, 1.54) is 0 Å². The van der Waals surface area contributed by atoms with Crippen LogP contribution in [-0.4, -0.2) is 20.2 Å². The van der Waals surface area contributed by atoms with Crippen molar-refractivity contribution >= 4 is 34.0 Å². The van der Waals surface area contributed by atoms with Crippen LogP contribution in [0.1, 0.15) is 19.4 Å². The summed E-state index contributed by atoms with van der Waals surface area (Å²) >= 11 is 0. The summed E-state index contributed by atoms with van der Waals surface area (Å²) in [6.07, 6.45) is 3.45. The van der Waals surface area contributed by atoms with Crippen LogP contribution in [0.2, 0.25) is 0 Å². The van der Waals surface area contributed by atoms with Crippen molar-refractivity contribution in [1.82, 2.24) is 20.2 Å². The highest BCUT2D eigenvalue weighted by atomic mass is 15.1. The van der Waals surface area contributed by atoms with Crippen LogP contribution in [0, 0.1) is 11.3 Å². The van der Waals surface area contributed by atoms with Gasteiger partial charge in [-0.1, -0.05) is 19.9 Å². The molecule has 7 nitrogen and oxygen atoms in total. The second-order valence-electron chi connectivity index (χ2n) is 5.34. The van der Waals surface area contributed by atoms with E-state index in [0.29, 0.717) is 17.3 Å². The number of benzene rings is 2. The maximum absolute atomic E-state index is 8.84. The largest absolute Gasteiger partial charge is 0.339 e. The Labute approximate surface area is 157 Å². The number of hydrogen-bond acceptors (Lipinski definition) is 6. The van der Waals surface area contributed by atoms with Crippen LogP contribution in [0.25, 0.3) is 10.9 Å². The Hall–Kier alpha value is -3.92. The minimum absolute atomic E-state index is 0.467. The molecule has 0 bridgehead atoms. The molecule has 3 N–H and O–H groups in total. The molecule has 134 valence electrons. The van der Waals surface area contributed by atoms with Gasteiger partial charge in [0, 0.05) is 17.3 Å². The quantitative estimate of drug-likeness (QED) is 0.487.